The lowest BCUT2D eigenvalue weighted by molar-refractivity contribution is -0.142. The first-order valence-corrected chi connectivity index (χ1v) is 15.1. The Hall–Kier alpha value is -4.23. The molecule has 2 aliphatic rings. The van der Waals surface area contributed by atoms with Gasteiger partial charge in [0.25, 0.3) is 0 Å². The maximum absolute atomic E-state index is 14.1. The number of fused-ring (bicyclic) bond motifs is 1. The fourth-order valence-electron chi connectivity index (χ4n) is 6.55. The van der Waals surface area contributed by atoms with Crippen molar-refractivity contribution in [3.63, 3.8) is 0 Å². The summed E-state index contributed by atoms with van der Waals surface area (Å²) >= 11 is 0. The quantitative estimate of drug-likeness (QED) is 0.271. The number of aromatic amines is 1. The van der Waals surface area contributed by atoms with Gasteiger partial charge in [-0.1, -0.05) is 55.0 Å². The van der Waals surface area contributed by atoms with E-state index < -0.39 is 0 Å². The van der Waals surface area contributed by atoms with Crippen LogP contribution in [0.3, 0.4) is 0 Å². The van der Waals surface area contributed by atoms with E-state index in [-0.39, 0.29) is 29.7 Å². The Morgan fingerprint density at radius 2 is 1.64 bits per heavy atom. The van der Waals surface area contributed by atoms with Crippen LogP contribution < -0.4 is 5.32 Å². The Labute approximate surface area is 246 Å². The van der Waals surface area contributed by atoms with Gasteiger partial charge in [0.2, 0.25) is 11.8 Å². The number of nitrogens with one attached hydrogen (secondary N) is 2. The van der Waals surface area contributed by atoms with Gasteiger partial charge < -0.3 is 15.2 Å². The number of Topliss-reactive ketones (excluding diaryl/α,β-unsaturated/α-hetero) is 1. The van der Waals surface area contributed by atoms with Gasteiger partial charge in [0.05, 0.1) is 6.04 Å². The van der Waals surface area contributed by atoms with E-state index in [0.29, 0.717) is 13.0 Å². The lowest BCUT2D eigenvalue weighted by Gasteiger charge is -2.37. The topological polar surface area (TPSA) is 85.5 Å². The number of amides is 2. The maximum Gasteiger partial charge on any atom is 0.245 e. The Balaban J connectivity index is 1.18. The molecule has 3 heterocycles. The zero-order chi connectivity index (χ0) is 29.1. The first kappa shape index (κ1) is 27.9. The molecule has 2 saturated heterocycles. The van der Waals surface area contributed by atoms with Crippen molar-refractivity contribution in [3.8, 4) is 11.3 Å². The number of ketones is 1. The highest BCUT2D eigenvalue weighted by Crippen LogP contribution is 2.31. The largest absolute Gasteiger partial charge is 0.355 e. The van der Waals surface area contributed by atoms with Crippen molar-refractivity contribution >= 4 is 34.2 Å². The van der Waals surface area contributed by atoms with Crippen LogP contribution in [0.1, 0.15) is 56.2 Å². The minimum atomic E-state index is -0.381. The van der Waals surface area contributed by atoms with Crippen LogP contribution in [-0.2, 0) is 20.8 Å². The predicted molar refractivity (Wildman–Crippen MR) is 166 cm³/mol. The standard InChI is InChI=1S/C35H38N4O3/c1-24(40)36-29-15-13-26(14-16-29)31-23-28-21-25(12-17-30(28)37-31)22-33(41)32-11-8-20-39(32)35(42)34(27-9-4-2-5-10-27)38-18-6-3-7-19-38/h2,4-5,9-10,12-17,21,23,32,34,37H,3,6-8,11,18-20,22H2,1H3,(H,36,40)/t32-,34+/m0/s1. The lowest BCUT2D eigenvalue weighted by Crippen LogP contribution is -2.48. The van der Waals surface area contributed by atoms with Crippen molar-refractivity contribution in [2.24, 2.45) is 0 Å². The number of likely N-dealkylation sites (tertiary alicyclic amines) is 2. The molecule has 42 heavy (non-hydrogen) atoms. The monoisotopic (exact) mass is 562 g/mol. The predicted octanol–water partition coefficient (Wildman–Crippen LogP) is 6.12. The van der Waals surface area contributed by atoms with Crippen molar-refractivity contribution < 1.29 is 14.4 Å². The van der Waals surface area contributed by atoms with Crippen molar-refractivity contribution in [1.82, 2.24) is 14.8 Å². The van der Waals surface area contributed by atoms with Crippen LogP contribution in [0.15, 0.2) is 78.9 Å². The van der Waals surface area contributed by atoms with Crippen molar-refractivity contribution in [2.75, 3.05) is 25.0 Å². The number of hydrogen-bond acceptors (Lipinski definition) is 4. The third-order valence-electron chi connectivity index (χ3n) is 8.59. The fraction of sp³-hybridized carbons (Fsp3) is 0.343. The Bertz CT molecular complexity index is 1570. The fourth-order valence-corrected chi connectivity index (χ4v) is 6.55. The molecule has 2 atom stereocenters. The minimum absolute atomic E-state index is 0.0641. The summed E-state index contributed by atoms with van der Waals surface area (Å²) in [4.78, 5) is 46.8. The first-order valence-electron chi connectivity index (χ1n) is 15.1. The SMILES string of the molecule is CC(=O)Nc1ccc(-c2cc3cc(CC(=O)[C@@H]4CCCN4C(=O)[C@@H](c4ccccc4)N4CCCCC4)ccc3[nH]2)cc1. The van der Waals surface area contributed by atoms with Gasteiger partial charge >= 0.3 is 0 Å². The Kier molecular flexibility index (Phi) is 8.20. The zero-order valence-corrected chi connectivity index (χ0v) is 24.1. The highest BCUT2D eigenvalue weighted by molar-refractivity contribution is 5.94. The second-order valence-electron chi connectivity index (χ2n) is 11.6. The van der Waals surface area contributed by atoms with Gasteiger partial charge in [-0.2, -0.15) is 0 Å². The Morgan fingerprint density at radius 3 is 2.38 bits per heavy atom. The van der Waals surface area contributed by atoms with Gasteiger partial charge in [-0.05, 0) is 85.8 Å². The number of H-pyrrole nitrogens is 1. The van der Waals surface area contributed by atoms with Gasteiger partial charge in [0, 0.05) is 42.2 Å². The number of rotatable bonds is 8. The van der Waals surface area contributed by atoms with Crippen molar-refractivity contribution in [3.05, 3.63) is 90.0 Å². The number of carbonyl (C=O) groups excluding carboxylic acids is 3. The molecule has 2 amide bonds. The molecular weight excluding hydrogens is 524 g/mol. The highest BCUT2D eigenvalue weighted by Gasteiger charge is 2.39. The highest BCUT2D eigenvalue weighted by atomic mass is 16.2. The van der Waals surface area contributed by atoms with Gasteiger partial charge in [0.15, 0.2) is 5.78 Å². The first-order chi connectivity index (χ1) is 20.5. The second-order valence-corrected chi connectivity index (χ2v) is 11.6. The molecule has 0 spiro atoms. The van der Waals surface area contributed by atoms with Crippen LogP contribution in [0.2, 0.25) is 0 Å². The van der Waals surface area contributed by atoms with E-state index in [4.69, 9.17) is 0 Å². The number of aromatic nitrogens is 1. The molecule has 216 valence electrons. The van der Waals surface area contributed by atoms with Crippen LogP contribution in [0, 0.1) is 0 Å². The van der Waals surface area contributed by atoms with Crippen LogP contribution in [-0.4, -0.2) is 58.1 Å². The molecule has 2 N–H and O–H groups in total. The van der Waals surface area contributed by atoms with Gasteiger partial charge in [-0.25, -0.2) is 0 Å². The van der Waals surface area contributed by atoms with E-state index in [9.17, 15) is 14.4 Å². The molecule has 1 aromatic heterocycles. The molecule has 2 aliphatic heterocycles. The normalized spacial score (nSPS) is 18.2. The third kappa shape index (κ3) is 6.02. The van der Waals surface area contributed by atoms with E-state index in [1.807, 2.05) is 71.6 Å². The smallest absolute Gasteiger partial charge is 0.245 e. The maximum atomic E-state index is 14.1. The van der Waals surface area contributed by atoms with Gasteiger partial charge in [-0.15, -0.1) is 0 Å². The van der Waals surface area contributed by atoms with E-state index in [0.717, 1.165) is 77.7 Å². The summed E-state index contributed by atoms with van der Waals surface area (Å²) in [6, 6.07) is 25.2. The third-order valence-corrected chi connectivity index (χ3v) is 8.59. The van der Waals surface area contributed by atoms with E-state index in [1.54, 1.807) is 0 Å². The number of hydrogen-bond donors (Lipinski definition) is 2. The van der Waals surface area contributed by atoms with Crippen molar-refractivity contribution in [1.29, 1.82) is 0 Å². The number of nitrogens with zero attached hydrogens (tertiary/aromatic N) is 2. The molecule has 0 unspecified atom stereocenters. The second kappa shape index (κ2) is 12.3. The molecule has 0 saturated carbocycles. The average Bonchev–Trinajstić information content (AvgIpc) is 3.66. The van der Waals surface area contributed by atoms with Crippen LogP contribution in [0.4, 0.5) is 5.69 Å². The van der Waals surface area contributed by atoms with E-state index >= 15 is 0 Å². The summed E-state index contributed by atoms with van der Waals surface area (Å²) in [6.07, 6.45) is 5.28. The lowest BCUT2D eigenvalue weighted by atomic mass is 9.98. The summed E-state index contributed by atoms with van der Waals surface area (Å²) < 4.78 is 0. The molecule has 0 aliphatic carbocycles. The molecule has 6 rings (SSSR count). The summed E-state index contributed by atoms with van der Waals surface area (Å²) in [6.45, 7) is 3.95. The number of piperidine rings is 1. The summed E-state index contributed by atoms with van der Waals surface area (Å²) in [5.41, 5.74) is 5.71. The Morgan fingerprint density at radius 1 is 0.881 bits per heavy atom. The number of benzene rings is 3. The molecular formula is C35H38N4O3. The summed E-state index contributed by atoms with van der Waals surface area (Å²) in [5, 5.41) is 3.83. The molecule has 4 aromatic rings. The average molecular weight is 563 g/mol. The molecule has 2 fully saturated rings. The van der Waals surface area contributed by atoms with Crippen LogP contribution in [0.5, 0.6) is 0 Å². The molecule has 7 heteroatoms. The molecule has 3 aromatic carbocycles. The molecule has 0 radical (unpaired) electrons. The zero-order valence-electron chi connectivity index (χ0n) is 24.1. The van der Waals surface area contributed by atoms with Crippen LogP contribution >= 0.6 is 0 Å². The summed E-state index contributed by atoms with van der Waals surface area (Å²) in [7, 11) is 0. The number of anilines is 1. The minimum Gasteiger partial charge on any atom is -0.355 e. The molecule has 0 bridgehead atoms. The number of carbonyl (C=O) groups is 3. The van der Waals surface area contributed by atoms with Crippen molar-refractivity contribution in [2.45, 2.75) is 57.5 Å². The van der Waals surface area contributed by atoms with Gasteiger partial charge in [0.1, 0.15) is 6.04 Å². The van der Waals surface area contributed by atoms with Gasteiger partial charge in [-0.3, -0.25) is 19.3 Å². The van der Waals surface area contributed by atoms with E-state index in [2.05, 4.69) is 27.3 Å². The molecule has 7 nitrogen and oxygen atoms in total. The van der Waals surface area contributed by atoms with E-state index in [1.165, 1.54) is 13.3 Å². The van der Waals surface area contributed by atoms with Crippen LogP contribution in [0.25, 0.3) is 22.2 Å². The summed E-state index contributed by atoms with van der Waals surface area (Å²) in [5.74, 6) is 0.0720.